The maximum atomic E-state index is 13.3. The standard InChI is InChI=1S/C22H17Cl2NO4/c23-12-7-8-17(18(11-12)28-13-3-1-4-13)25-10-9-15-19(26)14-5-2-6-16(24)20(14)29-21(15)22(25)27/h2,5-8,11,13H,1,3-4,9-10H2. The zero-order valence-electron chi connectivity index (χ0n) is 15.4. The summed E-state index contributed by atoms with van der Waals surface area (Å²) >= 11 is 12.4. The van der Waals surface area contributed by atoms with Gasteiger partial charge in [0.05, 0.1) is 27.8 Å². The van der Waals surface area contributed by atoms with Gasteiger partial charge < -0.3 is 14.1 Å². The van der Waals surface area contributed by atoms with Crippen LogP contribution in [0.3, 0.4) is 0 Å². The monoisotopic (exact) mass is 429 g/mol. The van der Waals surface area contributed by atoms with Gasteiger partial charge in [-0.05, 0) is 49.9 Å². The van der Waals surface area contributed by atoms with Crippen LogP contribution in [-0.2, 0) is 6.42 Å². The second kappa shape index (κ2) is 7.08. The molecule has 0 bridgehead atoms. The molecule has 1 aliphatic heterocycles. The SMILES string of the molecule is O=C1c2oc3c(Cl)cccc3c(=O)c2CCN1c1ccc(Cl)cc1OC1CCC1. The molecule has 1 aromatic heterocycles. The number of ether oxygens (including phenoxy) is 1. The van der Waals surface area contributed by atoms with E-state index in [2.05, 4.69) is 0 Å². The van der Waals surface area contributed by atoms with Crippen molar-refractivity contribution in [3.8, 4) is 5.75 Å². The van der Waals surface area contributed by atoms with Gasteiger partial charge in [0.2, 0.25) is 0 Å². The predicted molar refractivity (Wildman–Crippen MR) is 113 cm³/mol. The number of anilines is 1. The number of amides is 1. The molecule has 1 fully saturated rings. The lowest BCUT2D eigenvalue weighted by Gasteiger charge is -2.32. The van der Waals surface area contributed by atoms with E-state index in [4.69, 9.17) is 32.4 Å². The summed E-state index contributed by atoms with van der Waals surface area (Å²) in [6.07, 6.45) is 3.64. The van der Waals surface area contributed by atoms with E-state index in [0.717, 1.165) is 19.3 Å². The first kappa shape index (κ1) is 18.5. The van der Waals surface area contributed by atoms with Gasteiger partial charge in [-0.3, -0.25) is 9.59 Å². The normalized spacial score (nSPS) is 16.6. The van der Waals surface area contributed by atoms with E-state index in [0.29, 0.717) is 45.4 Å². The Morgan fingerprint density at radius 2 is 1.93 bits per heavy atom. The third-order valence-corrected chi connectivity index (χ3v) is 6.08. The Morgan fingerprint density at radius 3 is 2.69 bits per heavy atom. The maximum absolute atomic E-state index is 13.3. The van der Waals surface area contributed by atoms with Crippen LogP contribution in [0.15, 0.2) is 45.6 Å². The van der Waals surface area contributed by atoms with Gasteiger partial charge in [0.1, 0.15) is 5.75 Å². The molecule has 1 amide bonds. The van der Waals surface area contributed by atoms with Crippen molar-refractivity contribution < 1.29 is 13.9 Å². The molecule has 0 saturated heterocycles. The number of hydrogen-bond acceptors (Lipinski definition) is 4. The number of para-hydroxylation sites is 1. The Hall–Kier alpha value is -2.50. The highest BCUT2D eigenvalue weighted by Gasteiger charge is 2.33. The highest BCUT2D eigenvalue weighted by Crippen LogP contribution is 2.37. The smallest absolute Gasteiger partial charge is 0.294 e. The summed E-state index contributed by atoms with van der Waals surface area (Å²) in [6, 6.07) is 10.2. The molecule has 5 rings (SSSR count). The first-order chi connectivity index (χ1) is 14.0. The Bertz CT molecular complexity index is 1200. The molecule has 0 unspecified atom stereocenters. The Morgan fingerprint density at radius 1 is 1.10 bits per heavy atom. The van der Waals surface area contributed by atoms with Crippen molar-refractivity contribution in [2.75, 3.05) is 11.4 Å². The second-order valence-electron chi connectivity index (χ2n) is 7.34. The first-order valence-corrected chi connectivity index (χ1v) is 10.3. The van der Waals surface area contributed by atoms with Crippen molar-refractivity contribution in [1.29, 1.82) is 0 Å². The van der Waals surface area contributed by atoms with E-state index < -0.39 is 0 Å². The summed E-state index contributed by atoms with van der Waals surface area (Å²) in [4.78, 5) is 27.8. The van der Waals surface area contributed by atoms with E-state index in [-0.39, 0.29) is 28.8 Å². The fraction of sp³-hybridized carbons (Fsp3) is 0.273. The molecular formula is C22H17Cl2NO4. The number of carbonyl (C=O) groups excluding carboxylic acids is 1. The van der Waals surface area contributed by atoms with Gasteiger partial charge in [-0.1, -0.05) is 29.3 Å². The van der Waals surface area contributed by atoms with Gasteiger partial charge in [0, 0.05) is 17.6 Å². The number of halogens is 2. The highest BCUT2D eigenvalue weighted by atomic mass is 35.5. The molecule has 0 atom stereocenters. The molecule has 2 aliphatic rings. The largest absolute Gasteiger partial charge is 0.488 e. The van der Waals surface area contributed by atoms with Gasteiger partial charge in [-0.15, -0.1) is 0 Å². The lowest BCUT2D eigenvalue weighted by atomic mass is 9.96. The van der Waals surface area contributed by atoms with E-state index in [9.17, 15) is 9.59 Å². The third kappa shape index (κ3) is 3.09. The molecular weight excluding hydrogens is 413 g/mol. The zero-order chi connectivity index (χ0) is 20.1. The average Bonchev–Trinajstić information content (AvgIpc) is 2.67. The van der Waals surface area contributed by atoms with Crippen molar-refractivity contribution in [1.82, 2.24) is 0 Å². The Balaban J connectivity index is 1.59. The minimum absolute atomic E-state index is 0.0337. The number of nitrogens with zero attached hydrogens (tertiary/aromatic N) is 1. The molecule has 0 radical (unpaired) electrons. The van der Waals surface area contributed by atoms with Gasteiger partial charge >= 0.3 is 0 Å². The molecule has 1 aliphatic carbocycles. The minimum atomic E-state index is -0.383. The summed E-state index contributed by atoms with van der Waals surface area (Å²) in [5.41, 5.74) is 1.03. The van der Waals surface area contributed by atoms with Crippen molar-refractivity contribution in [2.45, 2.75) is 31.8 Å². The summed E-state index contributed by atoms with van der Waals surface area (Å²) < 4.78 is 11.9. The van der Waals surface area contributed by atoms with Crippen LogP contribution in [0.1, 0.15) is 35.4 Å². The molecule has 7 heteroatoms. The molecule has 148 valence electrons. The summed E-state index contributed by atoms with van der Waals surface area (Å²) in [6.45, 7) is 0.353. The highest BCUT2D eigenvalue weighted by molar-refractivity contribution is 6.34. The van der Waals surface area contributed by atoms with Gasteiger partial charge in [0.25, 0.3) is 5.91 Å². The van der Waals surface area contributed by atoms with Gasteiger partial charge in [-0.25, -0.2) is 0 Å². The fourth-order valence-corrected chi connectivity index (χ4v) is 4.15. The number of fused-ring (bicyclic) bond motifs is 2. The van der Waals surface area contributed by atoms with Crippen molar-refractivity contribution >= 4 is 45.8 Å². The molecule has 1 saturated carbocycles. The molecule has 3 aromatic rings. The lowest BCUT2D eigenvalue weighted by Crippen LogP contribution is -2.40. The van der Waals surface area contributed by atoms with Gasteiger partial charge in [-0.2, -0.15) is 0 Å². The van der Waals surface area contributed by atoms with Gasteiger partial charge in [0.15, 0.2) is 16.8 Å². The third-order valence-electron chi connectivity index (χ3n) is 5.55. The van der Waals surface area contributed by atoms with Crippen LogP contribution >= 0.6 is 23.2 Å². The Labute approximate surface area is 176 Å². The molecule has 0 spiro atoms. The molecule has 29 heavy (non-hydrogen) atoms. The molecule has 2 heterocycles. The van der Waals surface area contributed by atoms with E-state index in [1.807, 2.05) is 0 Å². The van der Waals surface area contributed by atoms with Crippen molar-refractivity contribution in [2.24, 2.45) is 0 Å². The number of benzene rings is 2. The topological polar surface area (TPSA) is 59.8 Å². The predicted octanol–water partition coefficient (Wildman–Crippen LogP) is 5.23. The summed E-state index contributed by atoms with van der Waals surface area (Å²) in [5.74, 6) is 0.220. The summed E-state index contributed by atoms with van der Waals surface area (Å²) in [7, 11) is 0. The van der Waals surface area contributed by atoms with Crippen molar-refractivity contribution in [3.63, 3.8) is 0 Å². The van der Waals surface area contributed by atoms with Crippen LogP contribution in [-0.4, -0.2) is 18.6 Å². The Kier molecular flexibility index (Phi) is 4.52. The number of rotatable bonds is 3. The fourth-order valence-electron chi connectivity index (χ4n) is 3.77. The number of carbonyl (C=O) groups is 1. The first-order valence-electron chi connectivity index (χ1n) is 9.55. The average molecular weight is 430 g/mol. The van der Waals surface area contributed by atoms with E-state index >= 15 is 0 Å². The number of hydrogen-bond donors (Lipinski definition) is 0. The second-order valence-corrected chi connectivity index (χ2v) is 8.19. The maximum Gasteiger partial charge on any atom is 0.294 e. The molecule has 2 aromatic carbocycles. The van der Waals surface area contributed by atoms with Crippen molar-refractivity contribution in [3.05, 3.63) is 68.0 Å². The minimum Gasteiger partial charge on any atom is -0.488 e. The van der Waals surface area contributed by atoms with Crippen LogP contribution in [0.5, 0.6) is 5.75 Å². The van der Waals surface area contributed by atoms with Crippen LogP contribution in [0.2, 0.25) is 10.0 Å². The quantitative estimate of drug-likeness (QED) is 0.571. The zero-order valence-corrected chi connectivity index (χ0v) is 16.9. The van der Waals surface area contributed by atoms with Crippen LogP contribution < -0.4 is 15.1 Å². The molecule has 5 nitrogen and oxygen atoms in total. The van der Waals surface area contributed by atoms with Crippen LogP contribution in [0, 0.1) is 0 Å². The van der Waals surface area contributed by atoms with E-state index in [1.165, 1.54) is 0 Å². The molecule has 0 N–H and O–H groups in total. The summed E-state index contributed by atoms with van der Waals surface area (Å²) in [5, 5.41) is 1.23. The van der Waals surface area contributed by atoms with Crippen LogP contribution in [0.4, 0.5) is 5.69 Å². The van der Waals surface area contributed by atoms with E-state index in [1.54, 1.807) is 41.3 Å². The van der Waals surface area contributed by atoms with Crippen LogP contribution in [0.25, 0.3) is 11.0 Å². The lowest BCUT2D eigenvalue weighted by molar-refractivity contribution is 0.0945.